The molecule has 0 aliphatic heterocycles. The fourth-order valence-corrected chi connectivity index (χ4v) is 2.75. The molecule has 0 N–H and O–H groups in total. The maximum Gasteiger partial charge on any atom is 0.305 e. The summed E-state index contributed by atoms with van der Waals surface area (Å²) in [4.78, 5) is 11.5. The van der Waals surface area contributed by atoms with Gasteiger partial charge in [0.05, 0.1) is 19.1 Å². The predicted molar refractivity (Wildman–Crippen MR) is 81.1 cm³/mol. The molecule has 0 heterocycles. The van der Waals surface area contributed by atoms with Gasteiger partial charge in [0.1, 0.15) is 13.2 Å². The second kappa shape index (κ2) is 10.2. The first-order chi connectivity index (χ1) is 9.06. The van der Waals surface area contributed by atoms with Crippen LogP contribution in [0.25, 0.3) is 0 Å². The largest absolute Gasteiger partial charge is 0.460 e. The average Bonchev–Trinajstić information content (AvgIpc) is 2.43. The van der Waals surface area contributed by atoms with Crippen LogP contribution < -0.4 is 0 Å². The Morgan fingerprint density at radius 3 is 2.26 bits per heavy atom. The molecule has 0 aromatic carbocycles. The van der Waals surface area contributed by atoms with Crippen LogP contribution >= 0.6 is 0 Å². The summed E-state index contributed by atoms with van der Waals surface area (Å²) in [6, 6.07) is 0.638. The molecule has 114 valence electrons. The lowest BCUT2D eigenvalue weighted by atomic mass is 10.1. The number of unbranched alkanes of at least 4 members (excludes halogenated alkanes) is 1. The van der Waals surface area contributed by atoms with E-state index < -0.39 is 0 Å². The molecule has 0 spiro atoms. The van der Waals surface area contributed by atoms with Crippen LogP contribution in [0.3, 0.4) is 0 Å². The van der Waals surface area contributed by atoms with Gasteiger partial charge < -0.3 is 9.22 Å². The number of esters is 1. The Hall–Kier alpha value is -0.570. The van der Waals surface area contributed by atoms with Gasteiger partial charge >= 0.3 is 5.97 Å². The fraction of sp³-hybridized carbons (Fsp3) is 0.938. The highest BCUT2D eigenvalue weighted by molar-refractivity contribution is 5.69. The third-order valence-electron chi connectivity index (χ3n) is 4.36. The van der Waals surface area contributed by atoms with Crippen LogP contribution in [0.1, 0.15) is 66.7 Å². The van der Waals surface area contributed by atoms with E-state index in [1.54, 1.807) is 0 Å². The number of likely N-dealkylation sites (N-methyl/N-ethyl adjacent to an activating group) is 1. The Labute approximate surface area is 119 Å². The summed E-state index contributed by atoms with van der Waals surface area (Å²) in [5.41, 5.74) is 0. The van der Waals surface area contributed by atoms with Gasteiger partial charge in [-0.25, -0.2) is 0 Å². The lowest BCUT2D eigenvalue weighted by molar-refractivity contribution is -0.948. The Bertz CT molecular complexity index is 243. The number of nitrogens with zero attached hydrogens (tertiary/aromatic N) is 1. The smallest absolute Gasteiger partial charge is 0.305 e. The van der Waals surface area contributed by atoms with E-state index in [0.717, 1.165) is 30.4 Å². The molecule has 0 saturated carbocycles. The van der Waals surface area contributed by atoms with Gasteiger partial charge in [0.25, 0.3) is 0 Å². The van der Waals surface area contributed by atoms with Crippen molar-refractivity contribution in [2.24, 2.45) is 0 Å². The minimum Gasteiger partial charge on any atom is -0.460 e. The van der Waals surface area contributed by atoms with Crippen molar-refractivity contribution in [3.63, 3.8) is 0 Å². The first-order valence-corrected chi connectivity index (χ1v) is 8.07. The Kier molecular flexibility index (Phi) is 9.94. The number of hydrogen-bond donors (Lipinski definition) is 0. The quantitative estimate of drug-likeness (QED) is 0.423. The lowest BCUT2D eigenvalue weighted by Gasteiger charge is -2.42. The number of ether oxygens (including phenoxy) is 1. The number of carbonyl (C=O) groups is 1. The molecule has 0 radical (unpaired) electrons. The Morgan fingerprint density at radius 2 is 1.79 bits per heavy atom. The van der Waals surface area contributed by atoms with Gasteiger partial charge in [0.2, 0.25) is 0 Å². The second-order valence-corrected chi connectivity index (χ2v) is 5.56. The summed E-state index contributed by atoms with van der Waals surface area (Å²) < 4.78 is 6.47. The van der Waals surface area contributed by atoms with Gasteiger partial charge in [0, 0.05) is 6.42 Å². The highest BCUT2D eigenvalue weighted by Gasteiger charge is 2.30. The van der Waals surface area contributed by atoms with Crippen LogP contribution in [0.4, 0.5) is 0 Å². The van der Waals surface area contributed by atoms with Gasteiger partial charge in [-0.05, 0) is 33.1 Å². The molecule has 0 amide bonds. The number of hydrogen-bond acceptors (Lipinski definition) is 2. The van der Waals surface area contributed by atoms with Crippen molar-refractivity contribution in [2.45, 2.75) is 72.8 Å². The summed E-state index contributed by atoms with van der Waals surface area (Å²) in [7, 11) is 0. The van der Waals surface area contributed by atoms with Crippen molar-refractivity contribution >= 4 is 5.97 Å². The van der Waals surface area contributed by atoms with Crippen LogP contribution in [0, 0.1) is 0 Å². The summed E-state index contributed by atoms with van der Waals surface area (Å²) in [5, 5.41) is 0. The van der Waals surface area contributed by atoms with Crippen molar-refractivity contribution < 1.29 is 14.0 Å². The van der Waals surface area contributed by atoms with Crippen LogP contribution in [0.2, 0.25) is 0 Å². The van der Waals surface area contributed by atoms with Crippen molar-refractivity contribution in [1.82, 2.24) is 0 Å². The van der Waals surface area contributed by atoms with Crippen molar-refractivity contribution in [3.05, 3.63) is 0 Å². The SMILES string of the molecule is CCCCC(=O)OCC[N+](CC)(CCC)C(C)CC. The van der Waals surface area contributed by atoms with Gasteiger partial charge in [-0.3, -0.25) is 4.79 Å². The molecule has 0 aromatic rings. The molecule has 0 saturated heterocycles. The normalized spacial score (nSPS) is 15.8. The third-order valence-corrected chi connectivity index (χ3v) is 4.36. The topological polar surface area (TPSA) is 26.3 Å². The number of rotatable bonds is 11. The number of quaternary nitrogens is 1. The Morgan fingerprint density at radius 1 is 1.11 bits per heavy atom. The minimum atomic E-state index is -0.0308. The van der Waals surface area contributed by atoms with E-state index in [2.05, 4.69) is 34.6 Å². The van der Waals surface area contributed by atoms with Crippen LogP contribution in [0.5, 0.6) is 0 Å². The first kappa shape index (κ1) is 18.4. The monoisotopic (exact) mass is 272 g/mol. The molecule has 0 fully saturated rings. The highest BCUT2D eigenvalue weighted by Crippen LogP contribution is 2.17. The van der Waals surface area contributed by atoms with Gasteiger partial charge in [-0.1, -0.05) is 27.2 Å². The number of carbonyl (C=O) groups excluding carboxylic acids is 1. The molecule has 0 aromatic heterocycles. The predicted octanol–water partition coefficient (Wildman–Crippen LogP) is 3.77. The van der Waals surface area contributed by atoms with Crippen molar-refractivity contribution in [3.8, 4) is 0 Å². The summed E-state index contributed by atoms with van der Waals surface area (Å²) in [6.45, 7) is 15.0. The molecule has 2 atom stereocenters. The molecule has 2 unspecified atom stereocenters. The summed E-state index contributed by atoms with van der Waals surface area (Å²) in [5.74, 6) is -0.0308. The van der Waals surface area contributed by atoms with E-state index in [9.17, 15) is 4.79 Å². The van der Waals surface area contributed by atoms with E-state index in [4.69, 9.17) is 4.74 Å². The second-order valence-electron chi connectivity index (χ2n) is 5.56. The van der Waals surface area contributed by atoms with Crippen LogP contribution in [-0.4, -0.2) is 42.7 Å². The molecular weight excluding hydrogens is 238 g/mol. The minimum absolute atomic E-state index is 0.0308. The fourth-order valence-electron chi connectivity index (χ4n) is 2.75. The molecule has 3 nitrogen and oxygen atoms in total. The zero-order chi connectivity index (χ0) is 14.7. The van der Waals surface area contributed by atoms with E-state index in [1.807, 2.05) is 0 Å². The first-order valence-electron chi connectivity index (χ1n) is 8.07. The van der Waals surface area contributed by atoms with Crippen LogP contribution in [0.15, 0.2) is 0 Å². The highest BCUT2D eigenvalue weighted by atomic mass is 16.5. The van der Waals surface area contributed by atoms with Gasteiger partial charge in [-0.2, -0.15) is 0 Å². The Balaban J connectivity index is 4.29. The molecule has 0 rings (SSSR count). The van der Waals surface area contributed by atoms with Crippen LogP contribution in [-0.2, 0) is 9.53 Å². The van der Waals surface area contributed by atoms with Crippen molar-refractivity contribution in [2.75, 3.05) is 26.2 Å². The standard InChI is InChI=1S/C16H34NO2/c1-6-10-11-16(18)19-14-13-17(9-4,12-7-2)15(5)8-3/h15H,6-14H2,1-5H3/q+1. The van der Waals surface area contributed by atoms with E-state index in [-0.39, 0.29) is 5.97 Å². The van der Waals surface area contributed by atoms with Gasteiger partial charge in [0.15, 0.2) is 0 Å². The van der Waals surface area contributed by atoms with E-state index >= 15 is 0 Å². The zero-order valence-electron chi connectivity index (χ0n) is 13.7. The van der Waals surface area contributed by atoms with Crippen molar-refractivity contribution in [1.29, 1.82) is 0 Å². The molecular formula is C16H34NO2+. The lowest BCUT2D eigenvalue weighted by Crippen LogP contribution is -2.56. The van der Waals surface area contributed by atoms with E-state index in [0.29, 0.717) is 19.1 Å². The third kappa shape index (κ3) is 6.42. The maximum atomic E-state index is 11.5. The molecule has 0 bridgehead atoms. The van der Waals surface area contributed by atoms with Gasteiger partial charge in [-0.15, -0.1) is 0 Å². The zero-order valence-corrected chi connectivity index (χ0v) is 13.7. The van der Waals surface area contributed by atoms with E-state index in [1.165, 1.54) is 19.4 Å². The molecule has 3 heteroatoms. The maximum absolute atomic E-state index is 11.5. The summed E-state index contributed by atoms with van der Waals surface area (Å²) in [6.07, 6.45) is 4.92. The average molecular weight is 272 g/mol. The summed E-state index contributed by atoms with van der Waals surface area (Å²) >= 11 is 0. The molecule has 0 aliphatic rings. The molecule has 0 aliphatic carbocycles. The molecule has 19 heavy (non-hydrogen) atoms.